The van der Waals surface area contributed by atoms with Gasteiger partial charge < -0.3 is 10.2 Å². The van der Waals surface area contributed by atoms with Crippen LogP contribution >= 0.6 is 22.6 Å². The first-order chi connectivity index (χ1) is 9.60. The SMILES string of the molecule is CCCNCCI.Cc1ccc(C)c2c1CCN(C)C2. The van der Waals surface area contributed by atoms with Crippen LogP contribution < -0.4 is 5.32 Å². The molecule has 0 unspecified atom stereocenters. The maximum Gasteiger partial charge on any atom is 0.0236 e. The predicted molar refractivity (Wildman–Crippen MR) is 98.0 cm³/mol. The number of nitrogens with zero attached hydrogens (tertiary/aromatic N) is 1. The van der Waals surface area contributed by atoms with E-state index in [1.54, 1.807) is 11.1 Å². The van der Waals surface area contributed by atoms with Gasteiger partial charge in [-0.2, -0.15) is 0 Å². The molecule has 0 aliphatic carbocycles. The third-order valence-electron chi connectivity index (χ3n) is 3.77. The highest BCUT2D eigenvalue weighted by atomic mass is 127. The van der Waals surface area contributed by atoms with E-state index >= 15 is 0 Å². The number of alkyl halides is 1. The fraction of sp³-hybridized carbons (Fsp3) is 0.647. The zero-order valence-corrected chi connectivity index (χ0v) is 15.6. The lowest BCUT2D eigenvalue weighted by atomic mass is 9.92. The van der Waals surface area contributed by atoms with Crippen LogP contribution in [-0.2, 0) is 13.0 Å². The molecular weight excluding hydrogens is 359 g/mol. The zero-order valence-electron chi connectivity index (χ0n) is 13.4. The fourth-order valence-corrected chi connectivity index (χ4v) is 2.90. The van der Waals surface area contributed by atoms with Crippen molar-refractivity contribution in [1.29, 1.82) is 0 Å². The van der Waals surface area contributed by atoms with Crippen LogP contribution in [0.4, 0.5) is 0 Å². The lowest BCUT2D eigenvalue weighted by Crippen LogP contribution is -2.27. The van der Waals surface area contributed by atoms with Gasteiger partial charge in [0.2, 0.25) is 0 Å². The first-order valence-electron chi connectivity index (χ1n) is 7.63. The quantitative estimate of drug-likeness (QED) is 0.481. The van der Waals surface area contributed by atoms with Crippen LogP contribution in [0.2, 0.25) is 0 Å². The fourth-order valence-electron chi connectivity index (χ4n) is 2.52. The Kier molecular flexibility index (Phi) is 8.73. The van der Waals surface area contributed by atoms with Crippen LogP contribution in [0.3, 0.4) is 0 Å². The minimum atomic E-state index is 1.13. The molecule has 1 aromatic carbocycles. The molecule has 3 heteroatoms. The Morgan fingerprint density at radius 2 is 1.80 bits per heavy atom. The molecule has 1 N–H and O–H groups in total. The normalized spacial score (nSPS) is 14.4. The number of aryl methyl sites for hydroxylation is 2. The number of benzene rings is 1. The molecule has 1 aliphatic heterocycles. The molecule has 0 saturated heterocycles. The van der Waals surface area contributed by atoms with Crippen LogP contribution in [0, 0.1) is 13.8 Å². The van der Waals surface area contributed by atoms with E-state index in [4.69, 9.17) is 0 Å². The first kappa shape index (κ1) is 17.9. The Hall–Kier alpha value is -0.130. The second kappa shape index (κ2) is 9.74. The number of fused-ring (bicyclic) bond motifs is 1. The molecule has 2 rings (SSSR count). The third-order valence-corrected chi connectivity index (χ3v) is 4.31. The Bertz CT molecular complexity index is 400. The Morgan fingerprint density at radius 1 is 1.15 bits per heavy atom. The van der Waals surface area contributed by atoms with Crippen LogP contribution in [0.1, 0.15) is 35.6 Å². The van der Waals surface area contributed by atoms with Gasteiger partial charge in [-0.05, 0) is 62.5 Å². The largest absolute Gasteiger partial charge is 0.316 e. The maximum absolute atomic E-state index is 3.28. The van der Waals surface area contributed by atoms with E-state index in [9.17, 15) is 0 Å². The number of likely N-dealkylation sites (N-methyl/N-ethyl adjacent to an activating group) is 1. The van der Waals surface area contributed by atoms with Crippen LogP contribution in [0.5, 0.6) is 0 Å². The maximum atomic E-state index is 3.28. The van der Waals surface area contributed by atoms with E-state index in [1.807, 2.05) is 0 Å². The molecule has 0 atom stereocenters. The summed E-state index contributed by atoms with van der Waals surface area (Å²) >= 11 is 2.36. The summed E-state index contributed by atoms with van der Waals surface area (Å²) < 4.78 is 1.22. The molecule has 1 aromatic rings. The van der Waals surface area contributed by atoms with Crippen LogP contribution in [0.25, 0.3) is 0 Å². The molecule has 20 heavy (non-hydrogen) atoms. The highest BCUT2D eigenvalue weighted by Crippen LogP contribution is 2.24. The van der Waals surface area contributed by atoms with Gasteiger partial charge in [0.1, 0.15) is 0 Å². The molecule has 0 amide bonds. The van der Waals surface area contributed by atoms with Crippen molar-refractivity contribution >= 4 is 22.6 Å². The molecule has 0 fully saturated rings. The summed E-state index contributed by atoms with van der Waals surface area (Å²) in [5.41, 5.74) is 6.08. The van der Waals surface area contributed by atoms with Crippen LogP contribution in [0.15, 0.2) is 12.1 Å². The van der Waals surface area contributed by atoms with Gasteiger partial charge >= 0.3 is 0 Å². The number of halogens is 1. The number of hydrogen-bond acceptors (Lipinski definition) is 2. The summed E-state index contributed by atoms with van der Waals surface area (Å²) in [6, 6.07) is 4.49. The second-order valence-electron chi connectivity index (χ2n) is 5.58. The number of hydrogen-bond donors (Lipinski definition) is 1. The summed E-state index contributed by atoms with van der Waals surface area (Å²) in [6.07, 6.45) is 2.47. The first-order valence-corrected chi connectivity index (χ1v) is 9.15. The van der Waals surface area contributed by atoms with Gasteiger partial charge in [0.05, 0.1) is 0 Å². The lowest BCUT2D eigenvalue weighted by Gasteiger charge is -2.27. The molecule has 114 valence electrons. The van der Waals surface area contributed by atoms with Gasteiger partial charge in [-0.25, -0.2) is 0 Å². The second-order valence-corrected chi connectivity index (χ2v) is 6.66. The standard InChI is InChI=1S/C12H17N.C5H12IN/c1-9-4-5-10(2)12-8-13(3)7-6-11(9)12;1-2-4-7-5-3-6/h4-5H,6-8H2,1-3H3;7H,2-5H2,1H3. The topological polar surface area (TPSA) is 15.3 Å². The van der Waals surface area contributed by atoms with E-state index in [0.717, 1.165) is 13.1 Å². The molecule has 1 aliphatic rings. The van der Waals surface area contributed by atoms with E-state index in [1.165, 1.54) is 41.5 Å². The average Bonchev–Trinajstić information content (AvgIpc) is 2.44. The summed E-state index contributed by atoms with van der Waals surface area (Å²) in [6.45, 7) is 11.3. The highest BCUT2D eigenvalue weighted by molar-refractivity contribution is 14.1. The minimum Gasteiger partial charge on any atom is -0.316 e. The highest BCUT2D eigenvalue weighted by Gasteiger charge is 2.16. The molecule has 0 radical (unpaired) electrons. The molecule has 1 heterocycles. The minimum absolute atomic E-state index is 1.13. The van der Waals surface area contributed by atoms with E-state index < -0.39 is 0 Å². The molecular formula is C17H29IN2. The van der Waals surface area contributed by atoms with E-state index in [2.05, 4.69) is 72.8 Å². The van der Waals surface area contributed by atoms with Gasteiger partial charge in [0.15, 0.2) is 0 Å². The van der Waals surface area contributed by atoms with Crippen molar-refractivity contribution in [2.45, 2.75) is 40.2 Å². The number of nitrogens with one attached hydrogen (secondary N) is 1. The Morgan fingerprint density at radius 3 is 2.40 bits per heavy atom. The van der Waals surface area contributed by atoms with Crippen molar-refractivity contribution in [3.05, 3.63) is 34.4 Å². The van der Waals surface area contributed by atoms with Gasteiger partial charge in [0, 0.05) is 24.1 Å². The predicted octanol–water partition coefficient (Wildman–Crippen LogP) is 3.71. The van der Waals surface area contributed by atoms with Crippen molar-refractivity contribution in [2.75, 3.05) is 31.1 Å². The molecule has 0 bridgehead atoms. The molecule has 2 nitrogen and oxygen atoms in total. The van der Waals surface area contributed by atoms with Gasteiger partial charge in [-0.3, -0.25) is 0 Å². The molecule has 0 saturated carbocycles. The Balaban J connectivity index is 0.000000246. The van der Waals surface area contributed by atoms with Crippen molar-refractivity contribution in [2.24, 2.45) is 0 Å². The van der Waals surface area contributed by atoms with Crippen molar-refractivity contribution in [3.8, 4) is 0 Å². The smallest absolute Gasteiger partial charge is 0.0236 e. The van der Waals surface area contributed by atoms with Gasteiger partial charge in [-0.15, -0.1) is 0 Å². The summed E-state index contributed by atoms with van der Waals surface area (Å²) in [5, 5.41) is 3.28. The van der Waals surface area contributed by atoms with E-state index in [-0.39, 0.29) is 0 Å². The number of rotatable bonds is 4. The zero-order chi connectivity index (χ0) is 15.0. The third kappa shape index (κ3) is 5.70. The Labute approximate surface area is 138 Å². The lowest BCUT2D eigenvalue weighted by molar-refractivity contribution is 0.311. The summed E-state index contributed by atoms with van der Waals surface area (Å²) in [7, 11) is 2.20. The van der Waals surface area contributed by atoms with Gasteiger partial charge in [-0.1, -0.05) is 41.6 Å². The summed E-state index contributed by atoms with van der Waals surface area (Å²) in [5.74, 6) is 0. The van der Waals surface area contributed by atoms with Gasteiger partial charge in [0.25, 0.3) is 0 Å². The van der Waals surface area contributed by atoms with Crippen molar-refractivity contribution in [3.63, 3.8) is 0 Å². The van der Waals surface area contributed by atoms with E-state index in [0.29, 0.717) is 0 Å². The molecule has 0 aromatic heterocycles. The molecule has 0 spiro atoms. The van der Waals surface area contributed by atoms with Crippen LogP contribution in [-0.4, -0.2) is 36.0 Å². The average molecular weight is 388 g/mol. The monoisotopic (exact) mass is 388 g/mol. The summed E-state index contributed by atoms with van der Waals surface area (Å²) in [4.78, 5) is 2.40. The van der Waals surface area contributed by atoms with Crippen molar-refractivity contribution < 1.29 is 0 Å². The van der Waals surface area contributed by atoms with Crippen molar-refractivity contribution in [1.82, 2.24) is 10.2 Å².